The number of benzene rings is 2. The third kappa shape index (κ3) is 0.925. The van der Waals surface area contributed by atoms with Crippen molar-refractivity contribution < 1.29 is 0 Å². The van der Waals surface area contributed by atoms with Crippen LogP contribution in [0.25, 0.3) is 22.9 Å². The molecule has 0 fully saturated rings. The molecule has 0 unspecified atom stereocenters. The van der Waals surface area contributed by atoms with Crippen LogP contribution in [0.3, 0.4) is 0 Å². The Bertz CT molecular complexity index is 524. The molecule has 0 N–H and O–H groups in total. The molecule has 0 spiro atoms. The molecule has 0 amide bonds. The van der Waals surface area contributed by atoms with Crippen LogP contribution < -0.4 is 0 Å². The monoisotopic (exact) mass is 186 g/mol. The maximum atomic E-state index is 5.99. The molecule has 2 aromatic carbocycles. The predicted octanol–water partition coefficient (Wildman–Crippen LogP) is 3.98. The van der Waals surface area contributed by atoms with Crippen molar-refractivity contribution in [1.82, 2.24) is 0 Å². The van der Waals surface area contributed by atoms with E-state index in [0.29, 0.717) is 0 Å². The fraction of sp³-hybridized carbons (Fsp3) is 0. The van der Waals surface area contributed by atoms with Crippen molar-refractivity contribution in [2.24, 2.45) is 0 Å². The van der Waals surface area contributed by atoms with Gasteiger partial charge in [0.25, 0.3) is 0 Å². The van der Waals surface area contributed by atoms with Gasteiger partial charge in [-0.3, -0.25) is 0 Å². The van der Waals surface area contributed by atoms with Gasteiger partial charge in [-0.2, -0.15) is 0 Å². The van der Waals surface area contributed by atoms with Crippen molar-refractivity contribution in [2.45, 2.75) is 0 Å². The topological polar surface area (TPSA) is 0 Å². The van der Waals surface area contributed by atoms with Crippen molar-refractivity contribution in [3.05, 3.63) is 46.5 Å². The number of hydrogen-bond acceptors (Lipinski definition) is 0. The molecular formula is C12H7Cl. The zero-order valence-electron chi connectivity index (χ0n) is 6.92. The molecule has 0 radical (unpaired) electrons. The van der Waals surface area contributed by atoms with Crippen LogP contribution in [0.2, 0.25) is 5.02 Å². The smallest absolute Gasteiger partial charge is 0.0418 e. The lowest BCUT2D eigenvalue weighted by molar-refractivity contribution is 1.72. The summed E-state index contributed by atoms with van der Waals surface area (Å²) in [6, 6.07) is 10.3. The van der Waals surface area contributed by atoms with Crippen LogP contribution in [0.4, 0.5) is 0 Å². The third-order valence-electron chi connectivity index (χ3n) is 2.45. The summed E-state index contributed by atoms with van der Waals surface area (Å²) >= 11 is 5.99. The Labute approximate surface area is 81.5 Å². The fourth-order valence-corrected chi connectivity index (χ4v) is 2.14. The van der Waals surface area contributed by atoms with E-state index in [-0.39, 0.29) is 0 Å². The van der Waals surface area contributed by atoms with Crippen molar-refractivity contribution in [3.8, 4) is 0 Å². The van der Waals surface area contributed by atoms with Crippen LogP contribution in [0.1, 0.15) is 11.1 Å². The summed E-state index contributed by atoms with van der Waals surface area (Å²) in [6.07, 6.45) is 4.25. The molecular weight excluding hydrogens is 180 g/mol. The van der Waals surface area contributed by atoms with Crippen molar-refractivity contribution in [1.29, 1.82) is 0 Å². The Morgan fingerprint density at radius 3 is 2.69 bits per heavy atom. The summed E-state index contributed by atoms with van der Waals surface area (Å²) in [6.45, 7) is 0. The first-order valence-corrected chi connectivity index (χ1v) is 4.63. The van der Waals surface area contributed by atoms with Gasteiger partial charge in [0.05, 0.1) is 0 Å². The SMILES string of the molecule is Clc1cc2c3c(cccc3c1)C=C2. The summed E-state index contributed by atoms with van der Waals surface area (Å²) in [7, 11) is 0. The largest absolute Gasteiger partial charge is 0.0843 e. The molecule has 1 aliphatic carbocycles. The lowest BCUT2D eigenvalue weighted by Gasteiger charge is -2.01. The minimum absolute atomic E-state index is 0.811. The lowest BCUT2D eigenvalue weighted by Crippen LogP contribution is -1.78. The van der Waals surface area contributed by atoms with Crippen LogP contribution in [-0.2, 0) is 0 Å². The van der Waals surface area contributed by atoms with Crippen LogP contribution >= 0.6 is 11.6 Å². The fourth-order valence-electron chi connectivity index (χ4n) is 1.90. The Kier molecular flexibility index (Phi) is 1.30. The van der Waals surface area contributed by atoms with Gasteiger partial charge in [-0.15, -0.1) is 0 Å². The molecule has 2 aromatic rings. The molecule has 62 valence electrons. The maximum absolute atomic E-state index is 5.99. The van der Waals surface area contributed by atoms with Gasteiger partial charge >= 0.3 is 0 Å². The Balaban J connectivity index is 2.59. The number of halogens is 1. The molecule has 0 atom stereocenters. The highest BCUT2D eigenvalue weighted by molar-refractivity contribution is 6.32. The Morgan fingerprint density at radius 1 is 0.923 bits per heavy atom. The Hall–Kier alpha value is -1.27. The minimum Gasteiger partial charge on any atom is -0.0843 e. The lowest BCUT2D eigenvalue weighted by atomic mass is 10.0. The van der Waals surface area contributed by atoms with E-state index in [2.05, 4.69) is 30.4 Å². The van der Waals surface area contributed by atoms with E-state index in [4.69, 9.17) is 11.6 Å². The summed E-state index contributed by atoms with van der Waals surface area (Å²) in [5.74, 6) is 0. The molecule has 0 aliphatic heterocycles. The highest BCUT2D eigenvalue weighted by Gasteiger charge is 2.08. The molecule has 1 heteroatoms. The van der Waals surface area contributed by atoms with Gasteiger partial charge < -0.3 is 0 Å². The van der Waals surface area contributed by atoms with E-state index >= 15 is 0 Å². The molecule has 0 aromatic heterocycles. The highest BCUT2D eigenvalue weighted by Crippen LogP contribution is 2.33. The molecule has 0 heterocycles. The molecule has 0 saturated heterocycles. The zero-order chi connectivity index (χ0) is 8.84. The van der Waals surface area contributed by atoms with Gasteiger partial charge in [0, 0.05) is 5.02 Å². The summed E-state index contributed by atoms with van der Waals surface area (Å²) in [5.41, 5.74) is 2.53. The van der Waals surface area contributed by atoms with Gasteiger partial charge in [0.2, 0.25) is 0 Å². The van der Waals surface area contributed by atoms with E-state index in [0.717, 1.165) is 5.02 Å². The summed E-state index contributed by atoms with van der Waals surface area (Å²) in [4.78, 5) is 0. The second kappa shape index (κ2) is 2.36. The van der Waals surface area contributed by atoms with E-state index in [1.54, 1.807) is 0 Å². The van der Waals surface area contributed by atoms with Crippen molar-refractivity contribution in [3.63, 3.8) is 0 Å². The normalized spacial score (nSPS) is 12.7. The summed E-state index contributed by atoms with van der Waals surface area (Å²) in [5, 5.41) is 3.36. The van der Waals surface area contributed by atoms with Crippen LogP contribution in [0, 0.1) is 0 Å². The van der Waals surface area contributed by atoms with Crippen molar-refractivity contribution in [2.75, 3.05) is 0 Å². The average Bonchev–Trinajstić information content (AvgIpc) is 2.50. The molecule has 3 rings (SSSR count). The first kappa shape index (κ1) is 7.16. The van der Waals surface area contributed by atoms with E-state index in [1.807, 2.05) is 12.1 Å². The zero-order valence-corrected chi connectivity index (χ0v) is 7.68. The van der Waals surface area contributed by atoms with Gasteiger partial charge in [-0.05, 0) is 34.0 Å². The van der Waals surface area contributed by atoms with Crippen LogP contribution in [0.15, 0.2) is 30.3 Å². The van der Waals surface area contributed by atoms with Gasteiger partial charge in [0.1, 0.15) is 0 Å². The predicted molar refractivity (Wildman–Crippen MR) is 57.9 cm³/mol. The van der Waals surface area contributed by atoms with Gasteiger partial charge in [-0.25, -0.2) is 0 Å². The van der Waals surface area contributed by atoms with Gasteiger partial charge in [-0.1, -0.05) is 42.0 Å². The molecule has 13 heavy (non-hydrogen) atoms. The molecule has 0 saturated carbocycles. The highest BCUT2D eigenvalue weighted by atomic mass is 35.5. The second-order valence-electron chi connectivity index (χ2n) is 3.27. The molecule has 1 aliphatic rings. The van der Waals surface area contributed by atoms with Crippen molar-refractivity contribution >= 4 is 34.5 Å². The molecule has 0 bridgehead atoms. The number of rotatable bonds is 0. The summed E-state index contributed by atoms with van der Waals surface area (Å²) < 4.78 is 0. The standard InChI is InChI=1S/C12H7Cl/c13-11-6-9-3-1-2-8-4-5-10(7-11)12(8)9/h1-7H. The minimum atomic E-state index is 0.811. The van der Waals surface area contributed by atoms with Crippen LogP contribution in [0.5, 0.6) is 0 Å². The maximum Gasteiger partial charge on any atom is 0.0418 e. The second-order valence-corrected chi connectivity index (χ2v) is 3.71. The first-order valence-electron chi connectivity index (χ1n) is 4.25. The first-order chi connectivity index (χ1) is 6.34. The average molecular weight is 187 g/mol. The van der Waals surface area contributed by atoms with E-state index < -0.39 is 0 Å². The van der Waals surface area contributed by atoms with Gasteiger partial charge in [0.15, 0.2) is 0 Å². The quantitative estimate of drug-likeness (QED) is 0.498. The van der Waals surface area contributed by atoms with Crippen LogP contribution in [-0.4, -0.2) is 0 Å². The molecule has 0 nitrogen and oxygen atoms in total. The van der Waals surface area contributed by atoms with E-state index in [9.17, 15) is 0 Å². The third-order valence-corrected chi connectivity index (χ3v) is 2.67. The Morgan fingerprint density at radius 2 is 1.77 bits per heavy atom. The number of hydrogen-bond donors (Lipinski definition) is 0. The van der Waals surface area contributed by atoms with E-state index in [1.165, 1.54) is 21.9 Å².